The van der Waals surface area contributed by atoms with Crippen molar-refractivity contribution in [1.82, 2.24) is 5.32 Å². The standard InChI is InChI=1S/C15H15Cl2NO.ClH/c1-19-13-7-5-11(6-8-13)9-18-10-12-3-2-4-14(16)15(12)17;/h2-8,18H,9-10H2,1H3;1H. The minimum atomic E-state index is 0. The molecule has 2 aromatic rings. The lowest BCUT2D eigenvalue weighted by Crippen LogP contribution is -2.12. The molecule has 0 fully saturated rings. The second-order valence-electron chi connectivity index (χ2n) is 4.16. The molecule has 2 nitrogen and oxygen atoms in total. The maximum atomic E-state index is 6.13. The third kappa shape index (κ3) is 4.57. The van der Waals surface area contributed by atoms with Crippen LogP contribution in [-0.2, 0) is 13.1 Å². The van der Waals surface area contributed by atoms with E-state index in [0.29, 0.717) is 16.6 Å². The van der Waals surface area contributed by atoms with E-state index in [0.717, 1.165) is 17.9 Å². The summed E-state index contributed by atoms with van der Waals surface area (Å²) in [5, 5.41) is 4.54. The van der Waals surface area contributed by atoms with Crippen molar-refractivity contribution in [1.29, 1.82) is 0 Å². The molecule has 0 amide bonds. The van der Waals surface area contributed by atoms with Gasteiger partial charge in [0.15, 0.2) is 0 Å². The summed E-state index contributed by atoms with van der Waals surface area (Å²) in [5.41, 5.74) is 2.20. The van der Waals surface area contributed by atoms with Gasteiger partial charge in [-0.05, 0) is 29.3 Å². The van der Waals surface area contributed by atoms with Crippen LogP contribution in [0.3, 0.4) is 0 Å². The predicted molar refractivity (Wildman–Crippen MR) is 87.2 cm³/mol. The third-order valence-electron chi connectivity index (χ3n) is 2.84. The van der Waals surface area contributed by atoms with Crippen molar-refractivity contribution in [3.63, 3.8) is 0 Å². The molecule has 0 aromatic heterocycles. The van der Waals surface area contributed by atoms with E-state index in [2.05, 4.69) is 5.32 Å². The van der Waals surface area contributed by atoms with E-state index in [4.69, 9.17) is 27.9 Å². The molecule has 0 atom stereocenters. The Kier molecular flexibility index (Phi) is 7.17. The molecule has 2 aromatic carbocycles. The minimum absolute atomic E-state index is 0. The minimum Gasteiger partial charge on any atom is -0.497 e. The first-order valence-corrected chi connectivity index (χ1v) is 6.73. The zero-order valence-electron chi connectivity index (χ0n) is 11.0. The van der Waals surface area contributed by atoms with E-state index in [1.165, 1.54) is 5.56 Å². The SMILES string of the molecule is COc1ccc(CNCc2cccc(Cl)c2Cl)cc1.Cl. The van der Waals surface area contributed by atoms with Gasteiger partial charge in [-0.15, -0.1) is 12.4 Å². The van der Waals surface area contributed by atoms with E-state index in [1.54, 1.807) is 13.2 Å². The van der Waals surface area contributed by atoms with Crippen LogP contribution in [0.15, 0.2) is 42.5 Å². The monoisotopic (exact) mass is 331 g/mol. The summed E-state index contributed by atoms with van der Waals surface area (Å²) < 4.78 is 5.12. The van der Waals surface area contributed by atoms with Gasteiger partial charge in [0.2, 0.25) is 0 Å². The summed E-state index contributed by atoms with van der Waals surface area (Å²) >= 11 is 12.1. The van der Waals surface area contributed by atoms with Crippen LogP contribution >= 0.6 is 35.6 Å². The van der Waals surface area contributed by atoms with E-state index in [1.807, 2.05) is 36.4 Å². The molecule has 0 heterocycles. The number of rotatable bonds is 5. The highest BCUT2D eigenvalue weighted by molar-refractivity contribution is 6.42. The number of ether oxygens (including phenoxy) is 1. The van der Waals surface area contributed by atoms with Crippen LogP contribution in [0.5, 0.6) is 5.75 Å². The van der Waals surface area contributed by atoms with Crippen molar-refractivity contribution in [2.75, 3.05) is 7.11 Å². The average Bonchev–Trinajstić information content (AvgIpc) is 2.44. The molecular formula is C15H16Cl3NO. The predicted octanol–water partition coefficient (Wildman–Crippen LogP) is 4.71. The topological polar surface area (TPSA) is 21.3 Å². The van der Waals surface area contributed by atoms with Crippen molar-refractivity contribution in [3.8, 4) is 5.75 Å². The molecule has 108 valence electrons. The van der Waals surface area contributed by atoms with Gasteiger partial charge in [0.1, 0.15) is 5.75 Å². The fourth-order valence-corrected chi connectivity index (χ4v) is 2.16. The molecule has 0 unspecified atom stereocenters. The van der Waals surface area contributed by atoms with Gasteiger partial charge < -0.3 is 10.1 Å². The lowest BCUT2D eigenvalue weighted by molar-refractivity contribution is 0.414. The highest BCUT2D eigenvalue weighted by Crippen LogP contribution is 2.25. The molecule has 0 saturated carbocycles. The summed E-state index contributed by atoms with van der Waals surface area (Å²) in [6.07, 6.45) is 0. The number of hydrogen-bond acceptors (Lipinski definition) is 2. The quantitative estimate of drug-likeness (QED) is 0.856. The Morgan fingerprint density at radius 1 is 1.00 bits per heavy atom. The summed E-state index contributed by atoms with van der Waals surface area (Å²) in [4.78, 5) is 0. The van der Waals surface area contributed by atoms with Crippen LogP contribution in [0.1, 0.15) is 11.1 Å². The van der Waals surface area contributed by atoms with Crippen LogP contribution in [0.25, 0.3) is 0 Å². The molecule has 20 heavy (non-hydrogen) atoms. The van der Waals surface area contributed by atoms with Gasteiger partial charge in [-0.3, -0.25) is 0 Å². The van der Waals surface area contributed by atoms with E-state index in [-0.39, 0.29) is 12.4 Å². The normalized spacial score (nSPS) is 9.95. The van der Waals surface area contributed by atoms with Gasteiger partial charge in [-0.1, -0.05) is 47.5 Å². The number of benzene rings is 2. The first kappa shape index (κ1) is 17.1. The van der Waals surface area contributed by atoms with Crippen LogP contribution in [0.4, 0.5) is 0 Å². The molecule has 0 spiro atoms. The second kappa shape index (κ2) is 8.38. The Labute approximate surface area is 135 Å². The van der Waals surface area contributed by atoms with Gasteiger partial charge in [-0.25, -0.2) is 0 Å². The lowest BCUT2D eigenvalue weighted by atomic mass is 10.2. The Bertz CT molecular complexity index is 543. The highest BCUT2D eigenvalue weighted by atomic mass is 35.5. The fraction of sp³-hybridized carbons (Fsp3) is 0.200. The molecule has 5 heteroatoms. The molecule has 0 aliphatic carbocycles. The zero-order chi connectivity index (χ0) is 13.7. The van der Waals surface area contributed by atoms with Crippen molar-refractivity contribution in [3.05, 3.63) is 63.6 Å². The summed E-state index contributed by atoms with van der Waals surface area (Å²) in [6.45, 7) is 1.46. The van der Waals surface area contributed by atoms with Gasteiger partial charge >= 0.3 is 0 Å². The van der Waals surface area contributed by atoms with Crippen molar-refractivity contribution in [2.24, 2.45) is 0 Å². The van der Waals surface area contributed by atoms with Crippen LogP contribution in [0.2, 0.25) is 10.0 Å². The number of methoxy groups -OCH3 is 1. The molecule has 0 radical (unpaired) electrons. The van der Waals surface area contributed by atoms with Crippen molar-refractivity contribution >= 4 is 35.6 Å². The summed E-state index contributed by atoms with van der Waals surface area (Å²) in [7, 11) is 1.66. The number of nitrogens with one attached hydrogen (secondary N) is 1. The molecule has 0 bridgehead atoms. The molecule has 0 aliphatic heterocycles. The van der Waals surface area contributed by atoms with Crippen LogP contribution < -0.4 is 10.1 Å². The number of hydrogen-bond donors (Lipinski definition) is 1. The maximum Gasteiger partial charge on any atom is 0.118 e. The Hall–Kier alpha value is -0.930. The molecule has 0 saturated heterocycles. The van der Waals surface area contributed by atoms with E-state index < -0.39 is 0 Å². The van der Waals surface area contributed by atoms with Crippen LogP contribution in [-0.4, -0.2) is 7.11 Å². The van der Waals surface area contributed by atoms with Crippen molar-refractivity contribution < 1.29 is 4.74 Å². The molecule has 1 N–H and O–H groups in total. The van der Waals surface area contributed by atoms with Gasteiger partial charge in [-0.2, -0.15) is 0 Å². The van der Waals surface area contributed by atoms with Crippen molar-refractivity contribution in [2.45, 2.75) is 13.1 Å². The van der Waals surface area contributed by atoms with Gasteiger partial charge in [0.25, 0.3) is 0 Å². The highest BCUT2D eigenvalue weighted by Gasteiger charge is 2.03. The molecular weight excluding hydrogens is 317 g/mol. The Balaban J connectivity index is 0.00000200. The van der Waals surface area contributed by atoms with E-state index >= 15 is 0 Å². The Morgan fingerprint density at radius 3 is 2.35 bits per heavy atom. The largest absolute Gasteiger partial charge is 0.497 e. The zero-order valence-corrected chi connectivity index (χ0v) is 13.4. The Morgan fingerprint density at radius 2 is 1.70 bits per heavy atom. The first-order chi connectivity index (χ1) is 9.20. The lowest BCUT2D eigenvalue weighted by Gasteiger charge is -2.08. The van der Waals surface area contributed by atoms with Gasteiger partial charge in [0, 0.05) is 13.1 Å². The second-order valence-corrected chi connectivity index (χ2v) is 4.95. The third-order valence-corrected chi connectivity index (χ3v) is 3.69. The molecule has 2 rings (SSSR count). The number of halogens is 3. The average molecular weight is 333 g/mol. The maximum absolute atomic E-state index is 6.13. The summed E-state index contributed by atoms with van der Waals surface area (Å²) in [6, 6.07) is 13.6. The molecule has 0 aliphatic rings. The van der Waals surface area contributed by atoms with Gasteiger partial charge in [0.05, 0.1) is 17.2 Å². The van der Waals surface area contributed by atoms with Crippen LogP contribution in [0, 0.1) is 0 Å². The van der Waals surface area contributed by atoms with E-state index in [9.17, 15) is 0 Å². The first-order valence-electron chi connectivity index (χ1n) is 5.97. The smallest absolute Gasteiger partial charge is 0.118 e. The fourth-order valence-electron chi connectivity index (χ4n) is 1.77. The summed E-state index contributed by atoms with van der Waals surface area (Å²) in [5.74, 6) is 0.863.